The van der Waals surface area contributed by atoms with Gasteiger partial charge in [0.05, 0.1) is 6.61 Å². The van der Waals surface area contributed by atoms with Crippen LogP contribution in [0.2, 0.25) is 0 Å². The van der Waals surface area contributed by atoms with E-state index in [0.717, 1.165) is 23.3 Å². The fourth-order valence-electron chi connectivity index (χ4n) is 1.64. The van der Waals surface area contributed by atoms with Crippen molar-refractivity contribution in [2.24, 2.45) is 0 Å². The van der Waals surface area contributed by atoms with E-state index < -0.39 is 0 Å². The summed E-state index contributed by atoms with van der Waals surface area (Å²) in [6.07, 6.45) is 4.42. The summed E-state index contributed by atoms with van der Waals surface area (Å²) >= 11 is 0. The molecule has 1 aromatic carbocycles. The number of hydrogen-bond acceptors (Lipinski definition) is 3. The lowest BCUT2D eigenvalue weighted by molar-refractivity contribution is 0.321. The van der Waals surface area contributed by atoms with Gasteiger partial charge in [0, 0.05) is 24.4 Å². The maximum Gasteiger partial charge on any atom is 0.120 e. The van der Waals surface area contributed by atoms with Crippen molar-refractivity contribution < 1.29 is 9.84 Å². The van der Waals surface area contributed by atoms with Crippen LogP contribution in [0, 0.1) is 11.8 Å². The van der Waals surface area contributed by atoms with Gasteiger partial charge in [0.2, 0.25) is 0 Å². The number of nitrogens with zero attached hydrogens (tertiary/aromatic N) is 1. The molecule has 0 spiro atoms. The minimum absolute atomic E-state index is 0.133. The quantitative estimate of drug-likeness (QED) is 0.848. The lowest BCUT2D eigenvalue weighted by Crippen LogP contribution is -2.01. The Morgan fingerprint density at radius 2 is 2.16 bits per heavy atom. The van der Waals surface area contributed by atoms with Crippen LogP contribution in [0.15, 0.2) is 48.8 Å². The first-order valence-electron chi connectivity index (χ1n) is 6.10. The van der Waals surface area contributed by atoms with Crippen molar-refractivity contribution in [3.8, 4) is 17.6 Å². The van der Waals surface area contributed by atoms with Crippen molar-refractivity contribution in [3.05, 3.63) is 59.9 Å². The van der Waals surface area contributed by atoms with E-state index in [1.165, 1.54) is 0 Å². The van der Waals surface area contributed by atoms with Crippen LogP contribution in [-0.4, -0.2) is 23.3 Å². The molecule has 0 saturated carbocycles. The molecule has 96 valence electrons. The van der Waals surface area contributed by atoms with Crippen LogP contribution < -0.4 is 4.74 Å². The lowest BCUT2D eigenvalue weighted by Gasteiger charge is -2.06. The standard InChI is InChI=1S/C16H15NO2/c18-10-3-6-14-4-1-7-16(12-14)19-11-8-15-5-2-9-17-13-15/h1-2,4-5,7,9,12-13,18H,8,10-11H2. The summed E-state index contributed by atoms with van der Waals surface area (Å²) in [5, 5.41) is 8.65. The third kappa shape index (κ3) is 4.46. The average Bonchev–Trinajstić information content (AvgIpc) is 2.47. The second-order valence-corrected chi connectivity index (χ2v) is 3.95. The summed E-state index contributed by atoms with van der Waals surface area (Å²) in [6.45, 7) is 0.467. The van der Waals surface area contributed by atoms with Crippen molar-refractivity contribution >= 4 is 0 Å². The highest BCUT2D eigenvalue weighted by Gasteiger charge is 1.96. The van der Waals surface area contributed by atoms with Gasteiger partial charge >= 0.3 is 0 Å². The predicted octanol–water partition coefficient (Wildman–Crippen LogP) is 2.05. The Morgan fingerprint density at radius 3 is 2.95 bits per heavy atom. The highest BCUT2D eigenvalue weighted by molar-refractivity contribution is 5.39. The largest absolute Gasteiger partial charge is 0.493 e. The van der Waals surface area contributed by atoms with E-state index in [4.69, 9.17) is 9.84 Å². The van der Waals surface area contributed by atoms with E-state index in [9.17, 15) is 0 Å². The zero-order chi connectivity index (χ0) is 13.3. The van der Waals surface area contributed by atoms with E-state index in [1.54, 1.807) is 6.20 Å². The van der Waals surface area contributed by atoms with Crippen molar-refractivity contribution in [2.75, 3.05) is 13.2 Å². The fourth-order valence-corrected chi connectivity index (χ4v) is 1.64. The molecule has 0 aliphatic rings. The molecular formula is C16H15NO2. The van der Waals surface area contributed by atoms with Crippen molar-refractivity contribution in [3.63, 3.8) is 0 Å². The minimum atomic E-state index is -0.133. The van der Waals surface area contributed by atoms with Gasteiger partial charge in [0.1, 0.15) is 12.4 Å². The number of aliphatic hydroxyl groups excluding tert-OH is 1. The monoisotopic (exact) mass is 253 g/mol. The summed E-state index contributed by atoms with van der Waals surface area (Å²) in [4.78, 5) is 4.06. The zero-order valence-electron chi connectivity index (χ0n) is 10.5. The van der Waals surface area contributed by atoms with Crippen LogP contribution >= 0.6 is 0 Å². The summed E-state index contributed by atoms with van der Waals surface area (Å²) in [6, 6.07) is 11.5. The molecule has 0 atom stereocenters. The Morgan fingerprint density at radius 1 is 1.21 bits per heavy atom. The molecule has 0 saturated heterocycles. The van der Waals surface area contributed by atoms with Crippen LogP contribution in [0.1, 0.15) is 11.1 Å². The number of benzene rings is 1. The Hall–Kier alpha value is -2.31. The first kappa shape index (κ1) is 13.1. The van der Waals surface area contributed by atoms with E-state index in [2.05, 4.69) is 16.8 Å². The van der Waals surface area contributed by atoms with Crippen LogP contribution in [0.5, 0.6) is 5.75 Å². The van der Waals surface area contributed by atoms with Crippen molar-refractivity contribution in [1.29, 1.82) is 0 Å². The first-order chi connectivity index (χ1) is 9.38. The number of rotatable bonds is 4. The van der Waals surface area contributed by atoms with Gasteiger partial charge in [0.15, 0.2) is 0 Å². The van der Waals surface area contributed by atoms with Gasteiger partial charge in [-0.05, 0) is 29.8 Å². The highest BCUT2D eigenvalue weighted by atomic mass is 16.5. The molecular weight excluding hydrogens is 238 g/mol. The molecule has 0 amide bonds. The topological polar surface area (TPSA) is 42.4 Å². The number of aliphatic hydroxyl groups is 1. The van der Waals surface area contributed by atoms with Gasteiger partial charge in [-0.2, -0.15) is 0 Å². The molecule has 1 heterocycles. The Kier molecular flexibility index (Phi) is 4.97. The number of hydrogen-bond donors (Lipinski definition) is 1. The van der Waals surface area contributed by atoms with Crippen molar-refractivity contribution in [2.45, 2.75) is 6.42 Å². The lowest BCUT2D eigenvalue weighted by atomic mass is 10.2. The molecule has 0 unspecified atom stereocenters. The molecule has 0 bridgehead atoms. The smallest absolute Gasteiger partial charge is 0.120 e. The molecule has 0 aliphatic carbocycles. The van der Waals surface area contributed by atoms with Crippen LogP contribution in [0.3, 0.4) is 0 Å². The summed E-state index contributed by atoms with van der Waals surface area (Å²) in [5.74, 6) is 6.25. The van der Waals surface area contributed by atoms with E-state index in [1.807, 2.05) is 42.6 Å². The molecule has 0 radical (unpaired) electrons. The van der Waals surface area contributed by atoms with Gasteiger partial charge in [-0.1, -0.05) is 24.0 Å². The second-order valence-electron chi connectivity index (χ2n) is 3.95. The minimum Gasteiger partial charge on any atom is -0.493 e. The third-order valence-electron chi connectivity index (χ3n) is 2.53. The number of aromatic nitrogens is 1. The van der Waals surface area contributed by atoms with E-state index >= 15 is 0 Å². The number of ether oxygens (including phenoxy) is 1. The Bertz CT molecular complexity index is 570. The van der Waals surface area contributed by atoms with Gasteiger partial charge in [-0.25, -0.2) is 0 Å². The van der Waals surface area contributed by atoms with Gasteiger partial charge in [-0.3, -0.25) is 4.98 Å². The summed E-state index contributed by atoms with van der Waals surface area (Å²) in [5.41, 5.74) is 1.99. The maximum atomic E-state index is 8.65. The predicted molar refractivity (Wildman–Crippen MR) is 73.8 cm³/mol. The normalized spacial score (nSPS) is 9.53. The average molecular weight is 253 g/mol. The molecule has 0 aliphatic heterocycles. The zero-order valence-corrected chi connectivity index (χ0v) is 10.5. The van der Waals surface area contributed by atoms with Crippen LogP contribution in [-0.2, 0) is 6.42 Å². The van der Waals surface area contributed by atoms with Gasteiger partial charge < -0.3 is 9.84 Å². The molecule has 1 N–H and O–H groups in total. The van der Waals surface area contributed by atoms with Gasteiger partial charge in [0.25, 0.3) is 0 Å². The number of pyridine rings is 1. The van der Waals surface area contributed by atoms with Crippen LogP contribution in [0.4, 0.5) is 0 Å². The third-order valence-corrected chi connectivity index (χ3v) is 2.53. The van der Waals surface area contributed by atoms with E-state index in [-0.39, 0.29) is 6.61 Å². The molecule has 3 heteroatoms. The highest BCUT2D eigenvalue weighted by Crippen LogP contribution is 2.13. The molecule has 1 aromatic heterocycles. The maximum absolute atomic E-state index is 8.65. The van der Waals surface area contributed by atoms with E-state index in [0.29, 0.717) is 6.61 Å². The SMILES string of the molecule is OCC#Cc1cccc(OCCc2cccnc2)c1. The summed E-state index contributed by atoms with van der Waals surface area (Å²) in [7, 11) is 0. The molecule has 2 rings (SSSR count). The second kappa shape index (κ2) is 7.20. The fraction of sp³-hybridized carbons (Fsp3) is 0.188. The Balaban J connectivity index is 1.89. The molecule has 3 nitrogen and oxygen atoms in total. The first-order valence-corrected chi connectivity index (χ1v) is 6.10. The summed E-state index contributed by atoms with van der Waals surface area (Å²) < 4.78 is 5.67. The van der Waals surface area contributed by atoms with Gasteiger partial charge in [-0.15, -0.1) is 0 Å². The Labute approximate surface area is 112 Å². The van der Waals surface area contributed by atoms with Crippen LogP contribution in [0.25, 0.3) is 0 Å². The van der Waals surface area contributed by atoms with Crippen molar-refractivity contribution in [1.82, 2.24) is 4.98 Å². The molecule has 0 fully saturated rings. The molecule has 2 aromatic rings. The molecule has 19 heavy (non-hydrogen) atoms.